The normalized spacial score (nSPS) is 14.2. The zero-order valence-electron chi connectivity index (χ0n) is 11.7. The van der Waals surface area contributed by atoms with E-state index in [2.05, 4.69) is 26.8 Å². The molecule has 0 spiro atoms. The maximum Gasteiger partial charge on any atom is 0.268 e. The fourth-order valence-electron chi connectivity index (χ4n) is 2.37. The van der Waals surface area contributed by atoms with Crippen LogP contribution in [0.2, 0.25) is 0 Å². The van der Waals surface area contributed by atoms with Crippen molar-refractivity contribution >= 4 is 34.4 Å². The summed E-state index contributed by atoms with van der Waals surface area (Å²) >= 11 is 3.06. The number of aromatic nitrogens is 3. The molecule has 1 aliphatic carbocycles. The minimum absolute atomic E-state index is 0.0866. The number of hydrogen-bond acceptors (Lipinski definition) is 5. The molecule has 1 saturated carbocycles. The van der Waals surface area contributed by atoms with Crippen LogP contribution in [0.1, 0.15) is 39.7 Å². The Morgan fingerprint density at radius 1 is 1.41 bits per heavy atom. The van der Waals surface area contributed by atoms with Crippen LogP contribution in [-0.4, -0.2) is 20.7 Å². The lowest BCUT2D eigenvalue weighted by Gasteiger charge is -2.08. The van der Waals surface area contributed by atoms with Crippen LogP contribution < -0.4 is 5.32 Å². The molecule has 3 heterocycles. The number of thiophene rings is 1. The molecule has 7 heteroatoms. The van der Waals surface area contributed by atoms with Gasteiger partial charge in [-0.05, 0) is 35.2 Å². The molecule has 1 aliphatic rings. The Morgan fingerprint density at radius 2 is 2.32 bits per heavy atom. The Hall–Kier alpha value is -1.99. The molecule has 5 nitrogen and oxygen atoms in total. The molecule has 0 radical (unpaired) electrons. The zero-order chi connectivity index (χ0) is 14.9. The van der Waals surface area contributed by atoms with Gasteiger partial charge in [0.2, 0.25) is 0 Å². The third-order valence-electron chi connectivity index (χ3n) is 3.64. The highest BCUT2D eigenvalue weighted by atomic mass is 32.1. The molecule has 22 heavy (non-hydrogen) atoms. The van der Waals surface area contributed by atoms with Gasteiger partial charge in [0.05, 0.1) is 23.9 Å². The maximum atomic E-state index is 12.5. The molecular formula is C15H14N4OS2. The molecule has 1 amide bonds. The van der Waals surface area contributed by atoms with Gasteiger partial charge in [0, 0.05) is 12.0 Å². The lowest BCUT2D eigenvalue weighted by molar-refractivity contribution is 0.102. The fourth-order valence-corrected chi connectivity index (χ4v) is 3.80. The number of amides is 1. The van der Waals surface area contributed by atoms with E-state index < -0.39 is 0 Å². The summed E-state index contributed by atoms with van der Waals surface area (Å²) in [5.74, 6) is 1.10. The van der Waals surface area contributed by atoms with Crippen molar-refractivity contribution < 1.29 is 4.79 Å². The highest BCUT2D eigenvalue weighted by molar-refractivity contribution is 7.12. The molecule has 0 saturated heterocycles. The highest BCUT2D eigenvalue weighted by Gasteiger charge is 2.30. The summed E-state index contributed by atoms with van der Waals surface area (Å²) in [6.45, 7) is 0.657. The van der Waals surface area contributed by atoms with Gasteiger partial charge in [-0.2, -0.15) is 16.4 Å². The van der Waals surface area contributed by atoms with Crippen molar-refractivity contribution in [2.24, 2.45) is 0 Å². The molecular weight excluding hydrogens is 316 g/mol. The first-order chi connectivity index (χ1) is 10.8. The molecule has 0 aliphatic heterocycles. The standard InChI is InChI=1S/C15H14N4OS2/c20-15(14-13(11-1-2-11)16-9-22-14)18-12-3-5-17-19(12)7-10-4-6-21-8-10/h3-6,8-9,11H,1-2,7H2,(H,18,20). The van der Waals surface area contributed by atoms with Gasteiger partial charge >= 0.3 is 0 Å². The summed E-state index contributed by atoms with van der Waals surface area (Å²) in [7, 11) is 0. The van der Waals surface area contributed by atoms with E-state index in [1.54, 1.807) is 27.7 Å². The van der Waals surface area contributed by atoms with E-state index in [1.807, 2.05) is 11.4 Å². The number of rotatable bonds is 5. The van der Waals surface area contributed by atoms with E-state index in [-0.39, 0.29) is 5.91 Å². The van der Waals surface area contributed by atoms with Crippen molar-refractivity contribution in [2.45, 2.75) is 25.3 Å². The first-order valence-electron chi connectivity index (χ1n) is 7.09. The summed E-state index contributed by atoms with van der Waals surface area (Å²) in [6, 6.07) is 3.88. The van der Waals surface area contributed by atoms with E-state index in [4.69, 9.17) is 0 Å². The third-order valence-corrected chi connectivity index (χ3v) is 5.21. The van der Waals surface area contributed by atoms with Crippen LogP contribution in [-0.2, 0) is 6.54 Å². The van der Waals surface area contributed by atoms with Gasteiger partial charge in [-0.3, -0.25) is 4.79 Å². The summed E-state index contributed by atoms with van der Waals surface area (Å²) in [5, 5.41) is 11.4. The van der Waals surface area contributed by atoms with E-state index in [1.165, 1.54) is 16.9 Å². The van der Waals surface area contributed by atoms with E-state index >= 15 is 0 Å². The average molecular weight is 330 g/mol. The van der Waals surface area contributed by atoms with Gasteiger partial charge in [0.15, 0.2) is 0 Å². The number of carbonyl (C=O) groups excluding carboxylic acids is 1. The molecule has 4 rings (SSSR count). The molecule has 3 aromatic heterocycles. The van der Waals surface area contributed by atoms with Crippen molar-refractivity contribution in [3.63, 3.8) is 0 Å². The summed E-state index contributed by atoms with van der Waals surface area (Å²) < 4.78 is 1.80. The second kappa shape index (κ2) is 5.66. The second-order valence-corrected chi connectivity index (χ2v) is 6.94. The number of thiazole rings is 1. The van der Waals surface area contributed by atoms with Crippen LogP contribution in [0.25, 0.3) is 0 Å². The highest BCUT2D eigenvalue weighted by Crippen LogP contribution is 2.41. The molecule has 0 atom stereocenters. The zero-order valence-corrected chi connectivity index (χ0v) is 13.4. The largest absolute Gasteiger partial charge is 0.306 e. The van der Waals surface area contributed by atoms with Crippen LogP contribution >= 0.6 is 22.7 Å². The molecule has 0 bridgehead atoms. The fraction of sp³-hybridized carbons (Fsp3) is 0.267. The molecule has 3 aromatic rings. The quantitative estimate of drug-likeness (QED) is 0.778. The molecule has 0 unspecified atom stereocenters. The number of nitrogens with one attached hydrogen (secondary N) is 1. The maximum absolute atomic E-state index is 12.5. The second-order valence-electron chi connectivity index (χ2n) is 5.30. The SMILES string of the molecule is O=C(Nc1ccnn1Cc1ccsc1)c1scnc1C1CC1. The molecule has 112 valence electrons. The monoisotopic (exact) mass is 330 g/mol. The van der Waals surface area contributed by atoms with Gasteiger partial charge in [0.25, 0.3) is 5.91 Å². The Kier molecular flexibility index (Phi) is 3.51. The van der Waals surface area contributed by atoms with Crippen LogP contribution in [0.5, 0.6) is 0 Å². The Morgan fingerprint density at radius 3 is 3.09 bits per heavy atom. The molecule has 0 aromatic carbocycles. The van der Waals surface area contributed by atoms with E-state index in [9.17, 15) is 4.79 Å². The lowest BCUT2D eigenvalue weighted by atomic mass is 10.2. The third kappa shape index (κ3) is 2.69. The Bertz CT molecular complexity index is 786. The van der Waals surface area contributed by atoms with Crippen molar-refractivity contribution in [2.75, 3.05) is 5.32 Å². The van der Waals surface area contributed by atoms with E-state index in [0.29, 0.717) is 18.3 Å². The lowest BCUT2D eigenvalue weighted by Crippen LogP contribution is -2.16. The summed E-state index contributed by atoms with van der Waals surface area (Å²) in [6.07, 6.45) is 3.98. The number of hydrogen-bond donors (Lipinski definition) is 1. The number of nitrogens with zero attached hydrogens (tertiary/aromatic N) is 3. The van der Waals surface area contributed by atoms with Gasteiger partial charge < -0.3 is 5.32 Å². The van der Waals surface area contributed by atoms with Crippen LogP contribution in [0.15, 0.2) is 34.6 Å². The van der Waals surface area contributed by atoms with Crippen LogP contribution in [0.4, 0.5) is 5.82 Å². The van der Waals surface area contributed by atoms with Gasteiger partial charge in [-0.1, -0.05) is 0 Å². The van der Waals surface area contributed by atoms with Gasteiger partial charge in [-0.25, -0.2) is 9.67 Å². The Balaban J connectivity index is 1.52. The average Bonchev–Trinajstić information content (AvgIpc) is 2.97. The number of anilines is 1. The minimum atomic E-state index is -0.0866. The van der Waals surface area contributed by atoms with Crippen LogP contribution in [0.3, 0.4) is 0 Å². The Labute approximate surface area is 135 Å². The molecule has 1 N–H and O–H groups in total. The van der Waals surface area contributed by atoms with Crippen molar-refractivity contribution in [1.29, 1.82) is 0 Å². The minimum Gasteiger partial charge on any atom is -0.306 e. The summed E-state index contributed by atoms with van der Waals surface area (Å²) in [4.78, 5) is 17.6. The topological polar surface area (TPSA) is 59.8 Å². The van der Waals surface area contributed by atoms with Crippen LogP contribution in [0, 0.1) is 0 Å². The summed E-state index contributed by atoms with van der Waals surface area (Å²) in [5.41, 5.74) is 3.89. The predicted molar refractivity (Wildman–Crippen MR) is 87.7 cm³/mol. The number of carbonyl (C=O) groups is 1. The van der Waals surface area contributed by atoms with Crippen molar-refractivity contribution in [3.05, 3.63) is 50.7 Å². The smallest absolute Gasteiger partial charge is 0.268 e. The predicted octanol–water partition coefficient (Wildman–Crippen LogP) is 3.58. The van der Waals surface area contributed by atoms with Gasteiger partial charge in [-0.15, -0.1) is 11.3 Å². The first-order valence-corrected chi connectivity index (χ1v) is 8.91. The van der Waals surface area contributed by atoms with Crippen molar-refractivity contribution in [1.82, 2.24) is 14.8 Å². The van der Waals surface area contributed by atoms with Crippen molar-refractivity contribution in [3.8, 4) is 0 Å². The van der Waals surface area contributed by atoms with E-state index in [0.717, 1.165) is 23.4 Å². The molecule has 1 fully saturated rings. The first kappa shape index (κ1) is 13.7. The van der Waals surface area contributed by atoms with Gasteiger partial charge in [0.1, 0.15) is 10.7 Å².